The normalized spacial score (nSPS) is 18.1. The van der Waals surface area contributed by atoms with E-state index in [0.29, 0.717) is 12.8 Å². The van der Waals surface area contributed by atoms with Gasteiger partial charge in [0, 0.05) is 5.92 Å². The Hall–Kier alpha value is -1.59. The number of rotatable bonds is 4. The van der Waals surface area contributed by atoms with Crippen LogP contribution in [0.3, 0.4) is 0 Å². The number of nitrogens with one attached hydrogen (secondary N) is 1. The Morgan fingerprint density at radius 1 is 1.15 bits per heavy atom. The lowest BCUT2D eigenvalue weighted by molar-refractivity contribution is -0.144. The number of ether oxygens (including phenoxy) is 1. The Labute approximate surface area is 118 Å². The van der Waals surface area contributed by atoms with Crippen LogP contribution in [0.25, 0.3) is 0 Å². The molecule has 6 heteroatoms. The van der Waals surface area contributed by atoms with Crippen molar-refractivity contribution in [2.45, 2.75) is 64.5 Å². The molecule has 0 aromatic rings. The third-order valence-corrected chi connectivity index (χ3v) is 3.20. The minimum Gasteiger partial charge on any atom is -0.479 e. The van der Waals surface area contributed by atoms with Crippen LogP contribution in [0.5, 0.6) is 0 Å². The van der Waals surface area contributed by atoms with Crippen LogP contribution in [0.1, 0.15) is 52.9 Å². The zero-order chi connectivity index (χ0) is 15.3. The van der Waals surface area contributed by atoms with Crippen molar-refractivity contribution in [2.75, 3.05) is 0 Å². The van der Waals surface area contributed by atoms with Crippen molar-refractivity contribution >= 4 is 17.8 Å². The van der Waals surface area contributed by atoms with Crippen molar-refractivity contribution in [3.05, 3.63) is 0 Å². The van der Waals surface area contributed by atoms with Crippen molar-refractivity contribution in [3.63, 3.8) is 0 Å². The highest BCUT2D eigenvalue weighted by Crippen LogP contribution is 2.25. The molecule has 1 atom stereocenters. The van der Waals surface area contributed by atoms with Crippen LogP contribution < -0.4 is 5.32 Å². The van der Waals surface area contributed by atoms with E-state index in [2.05, 4.69) is 5.32 Å². The van der Waals surface area contributed by atoms with E-state index in [1.54, 1.807) is 20.8 Å². The van der Waals surface area contributed by atoms with E-state index in [1.165, 1.54) is 0 Å². The molecule has 0 spiro atoms. The summed E-state index contributed by atoms with van der Waals surface area (Å²) in [5.41, 5.74) is -0.735. The number of hydrogen-bond acceptors (Lipinski definition) is 4. The van der Waals surface area contributed by atoms with E-state index in [0.717, 1.165) is 19.3 Å². The van der Waals surface area contributed by atoms with Gasteiger partial charge in [-0.05, 0) is 33.6 Å². The van der Waals surface area contributed by atoms with E-state index in [9.17, 15) is 14.4 Å². The van der Waals surface area contributed by atoms with Crippen LogP contribution in [-0.4, -0.2) is 34.6 Å². The first-order valence-corrected chi connectivity index (χ1v) is 6.97. The van der Waals surface area contributed by atoms with Gasteiger partial charge in [-0.3, -0.25) is 4.79 Å². The molecule has 0 aromatic carbocycles. The number of amides is 1. The second-order valence-electron chi connectivity index (χ2n) is 6.15. The molecule has 1 saturated carbocycles. The molecule has 6 nitrogen and oxygen atoms in total. The number of carboxylic acid groups (broad SMARTS) is 1. The number of aliphatic carboxylic acids is 1. The van der Waals surface area contributed by atoms with Crippen LogP contribution in [-0.2, 0) is 14.3 Å². The molecule has 2 N–H and O–H groups in total. The molecule has 1 rings (SSSR count). The number of hydrogen-bond donors (Lipinski definition) is 2. The van der Waals surface area contributed by atoms with Crippen molar-refractivity contribution in [1.82, 2.24) is 5.32 Å². The maximum Gasteiger partial charge on any atom is 0.408 e. The summed E-state index contributed by atoms with van der Waals surface area (Å²) >= 11 is 0. The second-order valence-corrected chi connectivity index (χ2v) is 6.15. The van der Waals surface area contributed by atoms with Crippen molar-refractivity contribution < 1.29 is 24.2 Å². The average Bonchev–Trinajstić information content (AvgIpc) is 2.34. The third kappa shape index (κ3) is 5.19. The van der Waals surface area contributed by atoms with E-state index in [1.807, 2.05) is 0 Å². The molecule has 1 amide bonds. The van der Waals surface area contributed by atoms with Gasteiger partial charge in [-0.15, -0.1) is 0 Å². The molecular weight excluding hydrogens is 262 g/mol. The van der Waals surface area contributed by atoms with Gasteiger partial charge < -0.3 is 15.2 Å². The van der Waals surface area contributed by atoms with E-state index >= 15 is 0 Å². The number of alkyl carbamates (subject to hydrolysis) is 1. The first kappa shape index (κ1) is 16.5. The van der Waals surface area contributed by atoms with E-state index < -0.39 is 29.5 Å². The lowest BCUT2D eigenvalue weighted by Gasteiger charge is -2.25. The van der Waals surface area contributed by atoms with E-state index in [-0.39, 0.29) is 5.92 Å². The summed E-state index contributed by atoms with van der Waals surface area (Å²) in [6.45, 7) is 5.02. The largest absolute Gasteiger partial charge is 0.479 e. The first-order chi connectivity index (χ1) is 9.20. The Morgan fingerprint density at radius 3 is 2.15 bits per heavy atom. The standard InChI is InChI=1S/C14H23NO5/c1-14(2,3)20-13(19)15-10(12(17)18)11(16)9-7-5-4-6-8-9/h9-10H,4-8H2,1-3H3,(H,15,19)(H,17,18). The molecule has 20 heavy (non-hydrogen) atoms. The predicted molar refractivity (Wildman–Crippen MR) is 72.4 cm³/mol. The number of Topliss-reactive ketones (excluding diaryl/α,β-unsaturated/α-hetero) is 1. The summed E-state index contributed by atoms with van der Waals surface area (Å²) in [7, 11) is 0. The molecule has 1 aliphatic carbocycles. The third-order valence-electron chi connectivity index (χ3n) is 3.20. The molecule has 1 fully saturated rings. The van der Waals surface area contributed by atoms with Gasteiger partial charge in [-0.2, -0.15) is 0 Å². The SMILES string of the molecule is CC(C)(C)OC(=O)NC(C(=O)O)C(=O)C1CCCCC1. The minimum absolute atomic E-state index is 0.278. The molecule has 1 unspecified atom stereocenters. The van der Waals surface area contributed by atoms with Crippen molar-refractivity contribution in [3.8, 4) is 0 Å². The fourth-order valence-electron chi connectivity index (χ4n) is 2.30. The Bertz CT molecular complexity index is 380. The lowest BCUT2D eigenvalue weighted by Crippen LogP contribution is -2.50. The molecule has 0 bridgehead atoms. The van der Waals surface area contributed by atoms with Gasteiger partial charge in [-0.25, -0.2) is 9.59 Å². The highest BCUT2D eigenvalue weighted by atomic mass is 16.6. The number of carboxylic acids is 1. The molecule has 0 aromatic heterocycles. The number of ketones is 1. The van der Waals surface area contributed by atoms with Crippen LogP contribution in [0.15, 0.2) is 0 Å². The molecule has 0 aliphatic heterocycles. The summed E-state index contributed by atoms with van der Waals surface area (Å²) < 4.78 is 4.99. The van der Waals surface area contributed by atoms with Gasteiger partial charge in [-0.1, -0.05) is 19.3 Å². The molecule has 1 aliphatic rings. The Kier molecular flexibility index (Phi) is 5.53. The number of carbonyl (C=O) groups is 3. The lowest BCUT2D eigenvalue weighted by atomic mass is 9.84. The molecule has 0 heterocycles. The van der Waals surface area contributed by atoms with Gasteiger partial charge in [0.15, 0.2) is 11.8 Å². The second kappa shape index (κ2) is 6.72. The summed E-state index contributed by atoms with van der Waals surface area (Å²) in [5, 5.41) is 11.3. The monoisotopic (exact) mass is 285 g/mol. The fourth-order valence-corrected chi connectivity index (χ4v) is 2.30. The van der Waals surface area contributed by atoms with Crippen LogP contribution >= 0.6 is 0 Å². The smallest absolute Gasteiger partial charge is 0.408 e. The highest BCUT2D eigenvalue weighted by molar-refractivity contribution is 6.05. The highest BCUT2D eigenvalue weighted by Gasteiger charge is 2.35. The topological polar surface area (TPSA) is 92.7 Å². The summed E-state index contributed by atoms with van der Waals surface area (Å²) in [4.78, 5) is 35.0. The average molecular weight is 285 g/mol. The molecule has 0 saturated heterocycles. The van der Waals surface area contributed by atoms with Crippen molar-refractivity contribution in [2.24, 2.45) is 5.92 Å². The summed E-state index contributed by atoms with van der Waals surface area (Å²) in [6, 6.07) is -1.52. The zero-order valence-corrected chi connectivity index (χ0v) is 12.3. The quantitative estimate of drug-likeness (QED) is 0.772. The van der Waals surface area contributed by atoms with Crippen LogP contribution in [0, 0.1) is 5.92 Å². The van der Waals surface area contributed by atoms with Crippen LogP contribution in [0.2, 0.25) is 0 Å². The fraction of sp³-hybridized carbons (Fsp3) is 0.786. The summed E-state index contributed by atoms with van der Waals surface area (Å²) in [5.74, 6) is -2.05. The minimum atomic E-state index is -1.52. The van der Waals surface area contributed by atoms with Gasteiger partial charge in [0.1, 0.15) is 5.60 Å². The Morgan fingerprint density at radius 2 is 1.70 bits per heavy atom. The molecule has 0 radical (unpaired) electrons. The maximum absolute atomic E-state index is 12.2. The van der Waals surface area contributed by atoms with Gasteiger partial charge in [0.2, 0.25) is 0 Å². The van der Waals surface area contributed by atoms with Crippen LogP contribution in [0.4, 0.5) is 4.79 Å². The molecular formula is C14H23NO5. The van der Waals surface area contributed by atoms with Gasteiger partial charge >= 0.3 is 12.1 Å². The van der Waals surface area contributed by atoms with Gasteiger partial charge in [0.05, 0.1) is 0 Å². The number of carbonyl (C=O) groups excluding carboxylic acids is 2. The summed E-state index contributed by atoms with van der Waals surface area (Å²) in [6.07, 6.45) is 3.43. The molecule has 114 valence electrons. The van der Waals surface area contributed by atoms with Gasteiger partial charge in [0.25, 0.3) is 0 Å². The van der Waals surface area contributed by atoms with Crippen molar-refractivity contribution in [1.29, 1.82) is 0 Å². The maximum atomic E-state index is 12.2. The Balaban J connectivity index is 2.66. The predicted octanol–water partition coefficient (Wildman–Crippen LogP) is 2.11. The zero-order valence-electron chi connectivity index (χ0n) is 12.3. The first-order valence-electron chi connectivity index (χ1n) is 6.97. The van der Waals surface area contributed by atoms with E-state index in [4.69, 9.17) is 9.84 Å².